The van der Waals surface area contributed by atoms with Crippen molar-refractivity contribution in [3.63, 3.8) is 0 Å². The summed E-state index contributed by atoms with van der Waals surface area (Å²) in [5, 5.41) is 0. The van der Waals surface area contributed by atoms with Crippen LogP contribution in [0.2, 0.25) is 0 Å². The lowest BCUT2D eigenvalue weighted by molar-refractivity contribution is 0.309. The summed E-state index contributed by atoms with van der Waals surface area (Å²) in [6, 6.07) is 25.3. The fourth-order valence-corrected chi connectivity index (χ4v) is 3.47. The zero-order chi connectivity index (χ0) is 19.0. The summed E-state index contributed by atoms with van der Waals surface area (Å²) < 4.78 is 29.1. The molecular weight excluding hydrogens is 363 g/mol. The van der Waals surface area contributed by atoms with Gasteiger partial charge in [0.2, 0.25) is 0 Å². The minimum absolute atomic E-state index is 0.0144. The second-order valence-corrected chi connectivity index (χ2v) is 7.73. The van der Waals surface area contributed by atoms with Crippen molar-refractivity contribution in [1.82, 2.24) is 0 Å². The average Bonchev–Trinajstić information content (AvgIpc) is 2.68. The molecule has 140 valence electrons. The van der Waals surface area contributed by atoms with E-state index in [0.29, 0.717) is 24.5 Å². The largest absolute Gasteiger partial charge is 0.494 e. The van der Waals surface area contributed by atoms with Crippen LogP contribution in [0.4, 0.5) is 0 Å². The highest BCUT2D eigenvalue weighted by Gasteiger charge is 2.22. The van der Waals surface area contributed by atoms with E-state index in [-0.39, 0.29) is 11.9 Å². The van der Waals surface area contributed by atoms with E-state index in [1.165, 1.54) is 0 Å². The van der Waals surface area contributed by atoms with Gasteiger partial charge in [-0.05, 0) is 42.8 Å². The highest BCUT2D eigenvalue weighted by Crippen LogP contribution is 2.46. The second kappa shape index (κ2) is 9.26. The van der Waals surface area contributed by atoms with E-state index in [1.807, 2.05) is 48.5 Å². The maximum Gasteiger partial charge on any atom is 0.376 e. The summed E-state index contributed by atoms with van der Waals surface area (Å²) in [6.07, 6.45) is 0.379. The van der Waals surface area contributed by atoms with E-state index >= 15 is 0 Å². The van der Waals surface area contributed by atoms with Crippen molar-refractivity contribution < 1.29 is 23.5 Å². The lowest BCUT2D eigenvalue weighted by Crippen LogP contribution is -2.04. The minimum atomic E-state index is -3.83. The molecule has 0 bridgehead atoms. The monoisotopic (exact) mass is 384 g/mol. The molecule has 3 aromatic rings. The van der Waals surface area contributed by atoms with Gasteiger partial charge in [0, 0.05) is 0 Å². The fraction of sp³-hybridized carbons (Fsp3) is 0.143. The minimum Gasteiger partial charge on any atom is -0.494 e. The molecule has 6 heteroatoms. The molecule has 0 spiro atoms. The molecule has 1 N–H and O–H groups in total. The van der Waals surface area contributed by atoms with Crippen LogP contribution in [0.25, 0.3) is 0 Å². The first kappa shape index (κ1) is 19.0. The Bertz CT molecular complexity index is 883. The zero-order valence-electron chi connectivity index (χ0n) is 14.7. The Morgan fingerprint density at radius 3 is 1.96 bits per heavy atom. The van der Waals surface area contributed by atoms with Crippen molar-refractivity contribution in [1.29, 1.82) is 0 Å². The Hall–Kier alpha value is -2.75. The van der Waals surface area contributed by atoms with E-state index in [9.17, 15) is 9.46 Å². The SMILES string of the molecule is O=P(O)(CCCOc1ccccc1)Oc1ccccc1Oc1ccccc1. The van der Waals surface area contributed by atoms with E-state index in [0.717, 1.165) is 5.75 Å². The molecule has 3 aromatic carbocycles. The Kier molecular flexibility index (Phi) is 6.53. The van der Waals surface area contributed by atoms with Gasteiger partial charge in [-0.3, -0.25) is 0 Å². The highest BCUT2D eigenvalue weighted by atomic mass is 31.2. The summed E-state index contributed by atoms with van der Waals surface area (Å²) in [4.78, 5) is 10.2. The van der Waals surface area contributed by atoms with Crippen LogP contribution in [0.5, 0.6) is 23.0 Å². The zero-order valence-corrected chi connectivity index (χ0v) is 15.6. The molecule has 1 atom stereocenters. The van der Waals surface area contributed by atoms with Crippen LogP contribution < -0.4 is 14.0 Å². The number of para-hydroxylation sites is 4. The Balaban J connectivity index is 1.56. The Labute approximate surface area is 158 Å². The van der Waals surface area contributed by atoms with Gasteiger partial charge >= 0.3 is 7.60 Å². The van der Waals surface area contributed by atoms with E-state index < -0.39 is 7.60 Å². The van der Waals surface area contributed by atoms with E-state index in [4.69, 9.17) is 14.0 Å². The first-order chi connectivity index (χ1) is 13.1. The molecule has 1 unspecified atom stereocenters. The molecule has 0 aromatic heterocycles. The van der Waals surface area contributed by atoms with Gasteiger partial charge in [-0.15, -0.1) is 0 Å². The van der Waals surface area contributed by atoms with E-state index in [1.54, 1.807) is 36.4 Å². The highest BCUT2D eigenvalue weighted by molar-refractivity contribution is 7.53. The summed E-state index contributed by atoms with van der Waals surface area (Å²) in [7, 11) is -3.83. The smallest absolute Gasteiger partial charge is 0.376 e. The van der Waals surface area contributed by atoms with Crippen molar-refractivity contribution in [2.45, 2.75) is 6.42 Å². The molecule has 0 aliphatic heterocycles. The van der Waals surface area contributed by atoms with Crippen molar-refractivity contribution in [2.75, 3.05) is 12.8 Å². The molecular formula is C21H21O5P. The topological polar surface area (TPSA) is 65.0 Å². The van der Waals surface area contributed by atoms with Crippen molar-refractivity contribution in [3.8, 4) is 23.0 Å². The normalized spacial score (nSPS) is 12.8. The number of hydrogen-bond acceptors (Lipinski definition) is 4. The third-order valence-electron chi connectivity index (χ3n) is 3.66. The van der Waals surface area contributed by atoms with Crippen LogP contribution in [-0.4, -0.2) is 17.7 Å². The standard InChI is InChI=1S/C21H21O5P/c22-27(23,17-9-16-24-18-10-3-1-4-11-18)26-21-15-8-7-14-20(21)25-19-12-5-2-6-13-19/h1-8,10-15H,9,16-17H2,(H,22,23). The van der Waals surface area contributed by atoms with Crippen LogP contribution in [0, 0.1) is 0 Å². The lowest BCUT2D eigenvalue weighted by atomic mass is 10.3. The number of hydrogen-bond donors (Lipinski definition) is 1. The third kappa shape index (κ3) is 6.17. The molecule has 0 fully saturated rings. The van der Waals surface area contributed by atoms with Gasteiger partial charge in [0.1, 0.15) is 11.5 Å². The molecule has 0 saturated carbocycles. The van der Waals surface area contributed by atoms with Gasteiger partial charge in [0.15, 0.2) is 11.5 Å². The predicted molar refractivity (Wildman–Crippen MR) is 105 cm³/mol. The molecule has 0 saturated heterocycles. The summed E-state index contributed by atoms with van der Waals surface area (Å²) in [5.74, 6) is 1.97. The van der Waals surface area contributed by atoms with Crippen molar-refractivity contribution in [2.24, 2.45) is 0 Å². The van der Waals surface area contributed by atoms with Crippen LogP contribution in [0.15, 0.2) is 84.9 Å². The third-order valence-corrected chi connectivity index (χ3v) is 5.02. The molecule has 0 amide bonds. The summed E-state index contributed by atoms with van der Waals surface area (Å²) in [6.45, 7) is 0.333. The molecule has 0 radical (unpaired) electrons. The Morgan fingerprint density at radius 1 is 0.741 bits per heavy atom. The maximum atomic E-state index is 12.4. The fourth-order valence-electron chi connectivity index (χ4n) is 2.40. The molecule has 27 heavy (non-hydrogen) atoms. The van der Waals surface area contributed by atoms with Crippen LogP contribution in [-0.2, 0) is 4.57 Å². The van der Waals surface area contributed by atoms with Gasteiger partial charge in [0.25, 0.3) is 0 Å². The van der Waals surface area contributed by atoms with Gasteiger partial charge in [0.05, 0.1) is 12.8 Å². The first-order valence-electron chi connectivity index (χ1n) is 8.64. The second-order valence-electron chi connectivity index (χ2n) is 5.83. The number of ether oxygens (including phenoxy) is 2. The van der Waals surface area contributed by atoms with Crippen LogP contribution >= 0.6 is 7.60 Å². The summed E-state index contributed by atoms with van der Waals surface area (Å²) >= 11 is 0. The Morgan fingerprint density at radius 2 is 1.30 bits per heavy atom. The molecule has 0 aliphatic rings. The average molecular weight is 384 g/mol. The van der Waals surface area contributed by atoms with E-state index in [2.05, 4.69) is 0 Å². The van der Waals surface area contributed by atoms with Gasteiger partial charge in [-0.2, -0.15) is 0 Å². The van der Waals surface area contributed by atoms with Gasteiger partial charge in [-0.1, -0.05) is 48.5 Å². The molecule has 0 heterocycles. The first-order valence-corrected chi connectivity index (χ1v) is 10.4. The molecule has 0 aliphatic carbocycles. The maximum absolute atomic E-state index is 12.4. The van der Waals surface area contributed by atoms with Crippen LogP contribution in [0.3, 0.4) is 0 Å². The van der Waals surface area contributed by atoms with Crippen molar-refractivity contribution >= 4 is 7.60 Å². The quantitative estimate of drug-likeness (QED) is 0.389. The van der Waals surface area contributed by atoms with Gasteiger partial charge < -0.3 is 18.9 Å². The van der Waals surface area contributed by atoms with Crippen LogP contribution in [0.1, 0.15) is 6.42 Å². The number of benzene rings is 3. The molecule has 3 rings (SSSR count). The predicted octanol–water partition coefficient (Wildman–Crippen LogP) is 5.51. The van der Waals surface area contributed by atoms with Gasteiger partial charge in [-0.25, -0.2) is 4.57 Å². The van der Waals surface area contributed by atoms with Crippen molar-refractivity contribution in [3.05, 3.63) is 84.9 Å². The molecule has 5 nitrogen and oxygen atoms in total. The summed E-state index contributed by atoms with van der Waals surface area (Å²) in [5.41, 5.74) is 0. The lowest BCUT2D eigenvalue weighted by Gasteiger charge is -2.16. The number of rotatable bonds is 9.